The van der Waals surface area contributed by atoms with Crippen LogP contribution in [0.3, 0.4) is 0 Å². The molecule has 0 spiro atoms. The summed E-state index contributed by atoms with van der Waals surface area (Å²) in [6, 6.07) is 7.57. The zero-order valence-corrected chi connectivity index (χ0v) is 11.5. The fourth-order valence-electron chi connectivity index (χ4n) is 2.86. The van der Waals surface area contributed by atoms with Crippen molar-refractivity contribution in [2.24, 2.45) is 5.73 Å². The maximum atomic E-state index is 12.6. The number of amides is 1. The molecule has 2 atom stereocenters. The number of fused-ring (bicyclic) bond motifs is 1. The van der Waals surface area contributed by atoms with Gasteiger partial charge in [-0.05, 0) is 31.4 Å². The molecule has 108 valence electrons. The lowest BCUT2D eigenvalue weighted by Crippen LogP contribution is -2.54. The summed E-state index contributed by atoms with van der Waals surface area (Å²) in [5.74, 6) is 1.33. The van der Waals surface area contributed by atoms with E-state index in [1.165, 1.54) is 0 Å². The molecule has 1 aromatic carbocycles. The molecule has 3 rings (SSSR count). The maximum absolute atomic E-state index is 12.6. The molecule has 0 radical (unpaired) electrons. The number of para-hydroxylation sites is 2. The minimum absolute atomic E-state index is 0.00495. The molecule has 0 bridgehead atoms. The molecule has 1 fully saturated rings. The van der Waals surface area contributed by atoms with Crippen molar-refractivity contribution in [3.63, 3.8) is 0 Å². The van der Waals surface area contributed by atoms with Crippen LogP contribution in [0.25, 0.3) is 0 Å². The van der Waals surface area contributed by atoms with Gasteiger partial charge < -0.3 is 20.1 Å². The second-order valence-corrected chi connectivity index (χ2v) is 5.28. The minimum atomic E-state index is -0.558. The van der Waals surface area contributed by atoms with Crippen LogP contribution in [0.2, 0.25) is 0 Å². The summed E-state index contributed by atoms with van der Waals surface area (Å²) in [7, 11) is 0. The highest BCUT2D eigenvalue weighted by atomic mass is 16.6. The average molecular weight is 276 g/mol. The number of carbonyl (C=O) groups is 1. The van der Waals surface area contributed by atoms with E-state index in [-0.39, 0.29) is 18.6 Å². The van der Waals surface area contributed by atoms with E-state index in [4.69, 9.17) is 15.2 Å². The zero-order valence-electron chi connectivity index (χ0n) is 11.5. The van der Waals surface area contributed by atoms with Gasteiger partial charge in [-0.25, -0.2) is 0 Å². The van der Waals surface area contributed by atoms with Crippen molar-refractivity contribution in [2.45, 2.75) is 31.4 Å². The number of likely N-dealkylation sites (tertiary alicyclic amines) is 1. The van der Waals surface area contributed by atoms with Gasteiger partial charge in [-0.15, -0.1) is 0 Å². The third-order valence-electron chi connectivity index (χ3n) is 3.97. The lowest BCUT2D eigenvalue weighted by molar-refractivity contribution is -0.144. The van der Waals surface area contributed by atoms with Crippen molar-refractivity contribution >= 4 is 5.91 Å². The van der Waals surface area contributed by atoms with Crippen LogP contribution in [0.5, 0.6) is 11.5 Å². The van der Waals surface area contributed by atoms with Gasteiger partial charge >= 0.3 is 0 Å². The molecule has 2 heterocycles. The lowest BCUT2D eigenvalue weighted by atomic mass is 10.0. The van der Waals surface area contributed by atoms with Crippen LogP contribution in [0.4, 0.5) is 0 Å². The van der Waals surface area contributed by atoms with Gasteiger partial charge in [-0.3, -0.25) is 4.79 Å². The summed E-state index contributed by atoms with van der Waals surface area (Å²) in [5.41, 5.74) is 5.77. The monoisotopic (exact) mass is 276 g/mol. The van der Waals surface area contributed by atoms with Crippen LogP contribution >= 0.6 is 0 Å². The van der Waals surface area contributed by atoms with Crippen LogP contribution in [-0.2, 0) is 4.79 Å². The summed E-state index contributed by atoms with van der Waals surface area (Å²) in [6.07, 6.45) is 2.59. The van der Waals surface area contributed by atoms with Crippen molar-refractivity contribution in [1.82, 2.24) is 4.90 Å². The number of hydrogen-bond donors (Lipinski definition) is 1. The molecule has 0 aromatic heterocycles. The highest BCUT2D eigenvalue weighted by Gasteiger charge is 2.34. The van der Waals surface area contributed by atoms with Crippen molar-refractivity contribution in [1.29, 1.82) is 0 Å². The van der Waals surface area contributed by atoms with Crippen molar-refractivity contribution < 1.29 is 14.3 Å². The van der Waals surface area contributed by atoms with Crippen LogP contribution in [0, 0.1) is 0 Å². The van der Waals surface area contributed by atoms with E-state index < -0.39 is 6.10 Å². The van der Waals surface area contributed by atoms with Gasteiger partial charge in [-0.1, -0.05) is 12.1 Å². The molecular weight excluding hydrogens is 256 g/mol. The Morgan fingerprint density at radius 2 is 2.10 bits per heavy atom. The molecule has 1 saturated heterocycles. The molecule has 1 aromatic rings. The Kier molecular flexibility index (Phi) is 3.78. The fourth-order valence-corrected chi connectivity index (χ4v) is 2.86. The molecule has 5 heteroatoms. The highest BCUT2D eigenvalue weighted by Crippen LogP contribution is 2.31. The number of ether oxygens (including phenoxy) is 2. The molecule has 20 heavy (non-hydrogen) atoms. The van der Waals surface area contributed by atoms with E-state index in [2.05, 4.69) is 0 Å². The molecular formula is C15H20N2O3. The van der Waals surface area contributed by atoms with Gasteiger partial charge in [-0.2, -0.15) is 0 Å². The van der Waals surface area contributed by atoms with E-state index in [0.717, 1.165) is 25.8 Å². The normalized spacial score (nSPS) is 25.4. The SMILES string of the molecule is NC[C@@H]1CCCCN1C(=O)[C@@H]1COc2ccccc2O1. The van der Waals surface area contributed by atoms with E-state index >= 15 is 0 Å². The van der Waals surface area contributed by atoms with Crippen LogP contribution in [0.15, 0.2) is 24.3 Å². The minimum Gasteiger partial charge on any atom is -0.485 e. The Bertz CT molecular complexity index is 492. The first kappa shape index (κ1) is 13.2. The van der Waals surface area contributed by atoms with Gasteiger partial charge in [0, 0.05) is 19.1 Å². The van der Waals surface area contributed by atoms with Crippen molar-refractivity contribution in [3.8, 4) is 11.5 Å². The first-order chi connectivity index (χ1) is 9.79. The maximum Gasteiger partial charge on any atom is 0.267 e. The first-order valence-electron chi connectivity index (χ1n) is 7.18. The number of rotatable bonds is 2. The van der Waals surface area contributed by atoms with Crippen LogP contribution in [-0.4, -0.2) is 42.6 Å². The second-order valence-electron chi connectivity index (χ2n) is 5.28. The lowest BCUT2D eigenvalue weighted by Gasteiger charge is -2.38. The number of carbonyl (C=O) groups excluding carboxylic acids is 1. The summed E-state index contributed by atoms with van der Waals surface area (Å²) in [4.78, 5) is 14.5. The van der Waals surface area contributed by atoms with Crippen molar-refractivity contribution in [3.05, 3.63) is 24.3 Å². The molecule has 0 unspecified atom stereocenters. The molecule has 2 N–H and O–H groups in total. The Labute approximate surface area is 118 Å². The molecule has 5 nitrogen and oxygen atoms in total. The average Bonchev–Trinajstić information content (AvgIpc) is 2.53. The number of nitrogens with zero attached hydrogens (tertiary/aromatic N) is 1. The predicted molar refractivity (Wildman–Crippen MR) is 74.8 cm³/mol. The van der Waals surface area contributed by atoms with Gasteiger partial charge in [0.1, 0.15) is 6.61 Å². The first-order valence-corrected chi connectivity index (χ1v) is 7.18. The second kappa shape index (κ2) is 5.71. The zero-order chi connectivity index (χ0) is 13.9. The summed E-state index contributed by atoms with van der Waals surface area (Å²) in [5, 5.41) is 0. The summed E-state index contributed by atoms with van der Waals surface area (Å²) < 4.78 is 11.4. The van der Waals surface area contributed by atoms with Gasteiger partial charge in [0.05, 0.1) is 0 Å². The smallest absolute Gasteiger partial charge is 0.267 e. The van der Waals surface area contributed by atoms with Crippen LogP contribution in [0.1, 0.15) is 19.3 Å². The Morgan fingerprint density at radius 3 is 2.90 bits per heavy atom. The van der Waals surface area contributed by atoms with Gasteiger partial charge in [0.25, 0.3) is 5.91 Å². The van der Waals surface area contributed by atoms with Gasteiger partial charge in [0.2, 0.25) is 6.10 Å². The van der Waals surface area contributed by atoms with E-state index in [9.17, 15) is 4.79 Å². The quantitative estimate of drug-likeness (QED) is 0.880. The van der Waals surface area contributed by atoms with Crippen LogP contribution < -0.4 is 15.2 Å². The molecule has 2 aliphatic rings. The third kappa shape index (κ3) is 2.45. The van der Waals surface area contributed by atoms with E-state index in [1.54, 1.807) is 0 Å². The van der Waals surface area contributed by atoms with Gasteiger partial charge in [0.15, 0.2) is 11.5 Å². The van der Waals surface area contributed by atoms with Crippen molar-refractivity contribution in [2.75, 3.05) is 19.7 Å². The Balaban J connectivity index is 1.72. The number of hydrogen-bond acceptors (Lipinski definition) is 4. The van der Waals surface area contributed by atoms with E-state index in [0.29, 0.717) is 18.0 Å². The third-order valence-corrected chi connectivity index (χ3v) is 3.97. The summed E-state index contributed by atoms with van der Waals surface area (Å²) >= 11 is 0. The Hall–Kier alpha value is -1.75. The highest BCUT2D eigenvalue weighted by molar-refractivity contribution is 5.82. The fraction of sp³-hybridized carbons (Fsp3) is 0.533. The predicted octanol–water partition coefficient (Wildman–Crippen LogP) is 1.17. The largest absolute Gasteiger partial charge is 0.485 e. The number of benzene rings is 1. The standard InChI is InChI=1S/C15H20N2O3/c16-9-11-5-3-4-8-17(11)15(18)14-10-19-12-6-1-2-7-13(12)20-14/h1-2,6-7,11,14H,3-5,8-10,16H2/t11-,14-/m0/s1. The molecule has 0 aliphatic carbocycles. The molecule has 1 amide bonds. The molecule has 2 aliphatic heterocycles. The Morgan fingerprint density at radius 1 is 1.30 bits per heavy atom. The number of piperidine rings is 1. The van der Waals surface area contributed by atoms with E-state index in [1.807, 2.05) is 29.2 Å². The summed E-state index contributed by atoms with van der Waals surface area (Å²) in [6.45, 7) is 1.54. The topological polar surface area (TPSA) is 64.8 Å². The number of nitrogens with two attached hydrogens (primary N) is 1. The molecule has 0 saturated carbocycles.